The van der Waals surface area contributed by atoms with Crippen molar-refractivity contribution in [2.45, 2.75) is 19.6 Å². The molecule has 80 valence electrons. The second-order valence-corrected chi connectivity index (χ2v) is 3.39. The summed E-state index contributed by atoms with van der Waals surface area (Å²) in [5, 5.41) is 22.0. The number of rotatable bonds is 4. The molecule has 0 aliphatic heterocycles. The quantitative estimate of drug-likeness (QED) is 0.500. The van der Waals surface area contributed by atoms with E-state index in [0.29, 0.717) is 18.1 Å². The van der Waals surface area contributed by atoms with Crippen molar-refractivity contribution in [2.24, 2.45) is 5.92 Å². The summed E-state index contributed by atoms with van der Waals surface area (Å²) in [4.78, 5) is 0. The van der Waals surface area contributed by atoms with Gasteiger partial charge in [0.05, 0.1) is 24.6 Å². The summed E-state index contributed by atoms with van der Waals surface area (Å²) in [5.74, 6) is 0.267. The summed E-state index contributed by atoms with van der Waals surface area (Å²) in [7, 11) is 0. The van der Waals surface area contributed by atoms with Crippen molar-refractivity contribution in [2.75, 3.05) is 18.1 Å². The highest BCUT2D eigenvalue weighted by molar-refractivity contribution is 5.56. The van der Waals surface area contributed by atoms with Crippen LogP contribution in [0.2, 0.25) is 0 Å². The van der Waals surface area contributed by atoms with Gasteiger partial charge in [-0.2, -0.15) is 5.10 Å². The lowest BCUT2D eigenvalue weighted by atomic mass is 10.1. The van der Waals surface area contributed by atoms with E-state index in [2.05, 4.69) is 5.10 Å². The van der Waals surface area contributed by atoms with E-state index in [0.717, 1.165) is 0 Å². The molecule has 0 saturated heterocycles. The molecule has 1 heterocycles. The Morgan fingerprint density at radius 3 is 2.64 bits per heavy atom. The van der Waals surface area contributed by atoms with E-state index in [1.807, 2.05) is 0 Å². The third-order valence-electron chi connectivity index (χ3n) is 2.21. The lowest BCUT2D eigenvalue weighted by molar-refractivity contribution is 0.0462. The summed E-state index contributed by atoms with van der Waals surface area (Å²) in [6.07, 6.45) is 0.702. The Balaban J connectivity index is 2.64. The molecule has 14 heavy (non-hydrogen) atoms. The minimum absolute atomic E-state index is 0.124. The van der Waals surface area contributed by atoms with E-state index < -0.39 is 6.10 Å². The van der Waals surface area contributed by atoms with Crippen LogP contribution >= 0.6 is 0 Å². The summed E-state index contributed by atoms with van der Waals surface area (Å²) >= 11 is 0. The zero-order chi connectivity index (χ0) is 10.7. The van der Waals surface area contributed by atoms with Crippen LogP contribution in [0.4, 0.5) is 11.5 Å². The molecule has 0 bridgehead atoms. The van der Waals surface area contributed by atoms with Crippen molar-refractivity contribution in [1.29, 1.82) is 0 Å². The van der Waals surface area contributed by atoms with E-state index in [4.69, 9.17) is 16.6 Å². The second-order valence-electron chi connectivity index (χ2n) is 3.39. The Morgan fingerprint density at radius 2 is 2.21 bits per heavy atom. The second kappa shape index (κ2) is 4.30. The molecule has 0 aliphatic carbocycles. The Bertz CT molecular complexity index is 300. The molecule has 1 aromatic rings. The fourth-order valence-electron chi connectivity index (χ4n) is 1.13. The summed E-state index contributed by atoms with van der Waals surface area (Å²) in [6.45, 7) is 1.97. The predicted octanol–water partition coefficient (Wildman–Crippen LogP) is -0.963. The van der Waals surface area contributed by atoms with Gasteiger partial charge in [0.1, 0.15) is 5.82 Å². The number of aliphatic hydroxyl groups is 2. The number of aliphatic hydroxyl groups excluding tert-OH is 2. The first-order chi connectivity index (χ1) is 6.56. The first-order valence-corrected chi connectivity index (χ1v) is 4.42. The molecular weight excluding hydrogens is 184 g/mol. The summed E-state index contributed by atoms with van der Waals surface area (Å²) in [6, 6.07) is 0. The van der Waals surface area contributed by atoms with E-state index in [1.165, 1.54) is 10.9 Å². The van der Waals surface area contributed by atoms with Crippen LogP contribution in [0.3, 0.4) is 0 Å². The number of aromatic nitrogens is 2. The van der Waals surface area contributed by atoms with Crippen molar-refractivity contribution < 1.29 is 10.2 Å². The monoisotopic (exact) mass is 200 g/mol. The average molecular weight is 200 g/mol. The van der Waals surface area contributed by atoms with Gasteiger partial charge in [0.2, 0.25) is 0 Å². The number of nitrogen functional groups attached to an aromatic ring is 2. The maximum atomic E-state index is 9.32. The lowest BCUT2D eigenvalue weighted by Gasteiger charge is -2.16. The van der Waals surface area contributed by atoms with Crippen molar-refractivity contribution in [3.05, 3.63) is 6.20 Å². The standard InChI is InChI=1S/C8H16N4O2/c1-5(7(14)4-13)3-12-8(10)6(9)2-11-12/h2,5,7,13-14H,3-4,9-10H2,1H3. The molecule has 0 spiro atoms. The van der Waals surface area contributed by atoms with Crippen molar-refractivity contribution in [3.63, 3.8) is 0 Å². The Morgan fingerprint density at radius 1 is 1.57 bits per heavy atom. The molecule has 6 nitrogen and oxygen atoms in total. The van der Waals surface area contributed by atoms with E-state index in [1.54, 1.807) is 6.92 Å². The molecule has 0 radical (unpaired) electrons. The van der Waals surface area contributed by atoms with Gasteiger partial charge in [-0.05, 0) is 0 Å². The third kappa shape index (κ3) is 2.15. The van der Waals surface area contributed by atoms with E-state index >= 15 is 0 Å². The molecule has 2 atom stereocenters. The van der Waals surface area contributed by atoms with Crippen LogP contribution in [-0.4, -0.2) is 32.7 Å². The molecule has 1 rings (SSSR count). The fraction of sp³-hybridized carbons (Fsp3) is 0.625. The maximum absolute atomic E-state index is 9.32. The van der Waals surface area contributed by atoms with Gasteiger partial charge in [-0.25, -0.2) is 4.68 Å². The SMILES string of the molecule is CC(Cn1ncc(N)c1N)C(O)CO. The zero-order valence-corrected chi connectivity index (χ0v) is 8.09. The molecule has 0 aromatic carbocycles. The first kappa shape index (κ1) is 10.8. The van der Waals surface area contributed by atoms with Gasteiger partial charge < -0.3 is 21.7 Å². The smallest absolute Gasteiger partial charge is 0.145 e. The van der Waals surface area contributed by atoms with Crippen LogP contribution in [0.25, 0.3) is 0 Å². The normalized spacial score (nSPS) is 15.4. The molecule has 0 saturated carbocycles. The molecular formula is C8H16N4O2. The van der Waals surface area contributed by atoms with Gasteiger partial charge >= 0.3 is 0 Å². The maximum Gasteiger partial charge on any atom is 0.145 e. The van der Waals surface area contributed by atoms with Gasteiger partial charge in [-0.1, -0.05) is 6.92 Å². The highest BCUT2D eigenvalue weighted by atomic mass is 16.3. The van der Waals surface area contributed by atoms with Gasteiger partial charge in [0.15, 0.2) is 0 Å². The number of nitrogens with zero attached hydrogens (tertiary/aromatic N) is 2. The largest absolute Gasteiger partial charge is 0.394 e. The van der Waals surface area contributed by atoms with Crippen LogP contribution in [0.15, 0.2) is 6.20 Å². The van der Waals surface area contributed by atoms with Crippen LogP contribution < -0.4 is 11.5 Å². The minimum atomic E-state index is -0.764. The number of hydrogen-bond acceptors (Lipinski definition) is 5. The Labute approximate surface area is 82.1 Å². The molecule has 1 aromatic heterocycles. The van der Waals surface area contributed by atoms with Crippen molar-refractivity contribution >= 4 is 11.5 Å². The van der Waals surface area contributed by atoms with Gasteiger partial charge in [-0.3, -0.25) is 0 Å². The zero-order valence-electron chi connectivity index (χ0n) is 8.09. The van der Waals surface area contributed by atoms with Crippen molar-refractivity contribution in [1.82, 2.24) is 9.78 Å². The minimum Gasteiger partial charge on any atom is -0.394 e. The predicted molar refractivity (Wildman–Crippen MR) is 53.3 cm³/mol. The highest BCUT2D eigenvalue weighted by Crippen LogP contribution is 2.15. The molecule has 0 amide bonds. The highest BCUT2D eigenvalue weighted by Gasteiger charge is 2.15. The van der Waals surface area contributed by atoms with E-state index in [9.17, 15) is 5.11 Å². The van der Waals surface area contributed by atoms with E-state index in [-0.39, 0.29) is 12.5 Å². The lowest BCUT2D eigenvalue weighted by Crippen LogP contribution is -2.26. The van der Waals surface area contributed by atoms with Crippen LogP contribution in [0.5, 0.6) is 0 Å². The van der Waals surface area contributed by atoms with Gasteiger partial charge in [0.25, 0.3) is 0 Å². The fourth-order valence-corrected chi connectivity index (χ4v) is 1.13. The molecule has 0 fully saturated rings. The molecule has 0 aliphatic rings. The Kier molecular flexibility index (Phi) is 3.32. The Hall–Kier alpha value is -1.27. The molecule has 2 unspecified atom stereocenters. The number of anilines is 2. The van der Waals surface area contributed by atoms with Crippen LogP contribution in [0.1, 0.15) is 6.92 Å². The average Bonchev–Trinajstić information content (AvgIpc) is 2.48. The molecule has 6 N–H and O–H groups in total. The van der Waals surface area contributed by atoms with Crippen LogP contribution in [0, 0.1) is 5.92 Å². The number of hydrogen-bond donors (Lipinski definition) is 4. The van der Waals surface area contributed by atoms with Gasteiger partial charge in [0, 0.05) is 12.5 Å². The topological polar surface area (TPSA) is 110 Å². The molecule has 6 heteroatoms. The first-order valence-electron chi connectivity index (χ1n) is 4.42. The summed E-state index contributed by atoms with van der Waals surface area (Å²) in [5.41, 5.74) is 11.6. The van der Waals surface area contributed by atoms with Gasteiger partial charge in [-0.15, -0.1) is 0 Å². The summed E-state index contributed by atoms with van der Waals surface area (Å²) < 4.78 is 1.51. The van der Waals surface area contributed by atoms with Crippen molar-refractivity contribution in [3.8, 4) is 0 Å². The number of nitrogens with two attached hydrogens (primary N) is 2. The third-order valence-corrected chi connectivity index (χ3v) is 2.21. The van der Waals surface area contributed by atoms with Crippen LogP contribution in [-0.2, 0) is 6.54 Å².